The van der Waals surface area contributed by atoms with Gasteiger partial charge in [0.2, 0.25) is 5.95 Å². The van der Waals surface area contributed by atoms with E-state index >= 15 is 0 Å². The minimum Gasteiger partial charge on any atom is -0.493 e. The number of aliphatic hydroxyl groups excluding tert-OH is 1. The number of anilines is 1. The van der Waals surface area contributed by atoms with Gasteiger partial charge in [-0.25, -0.2) is 14.8 Å². The third kappa shape index (κ3) is 3.49. The fourth-order valence-electron chi connectivity index (χ4n) is 4.54. The molecule has 3 aromatic rings. The summed E-state index contributed by atoms with van der Waals surface area (Å²) in [4.78, 5) is 23.7. The molecule has 0 unspecified atom stereocenters. The van der Waals surface area contributed by atoms with Crippen molar-refractivity contribution in [2.45, 2.75) is 25.5 Å². The van der Waals surface area contributed by atoms with E-state index in [1.54, 1.807) is 26.6 Å². The molecule has 5 rings (SSSR count). The molecule has 1 saturated heterocycles. The highest BCUT2D eigenvalue weighted by molar-refractivity contribution is 6.11. The Balaban J connectivity index is 0.00000245. The molecule has 1 atom stereocenters. The first kappa shape index (κ1) is 22.1. The number of fused-ring (bicyclic) bond motifs is 2. The Morgan fingerprint density at radius 2 is 1.84 bits per heavy atom. The zero-order chi connectivity index (χ0) is 21.5. The Kier molecular flexibility index (Phi) is 6.08. The second-order valence-corrected chi connectivity index (χ2v) is 7.73. The number of carbonyl (C=O) groups is 1. The summed E-state index contributed by atoms with van der Waals surface area (Å²) in [6, 6.07) is 5.75. The number of carbonyl (C=O) groups excluding carboxylic acids is 1. The van der Waals surface area contributed by atoms with Crippen LogP contribution in [0.2, 0.25) is 0 Å². The van der Waals surface area contributed by atoms with E-state index in [4.69, 9.17) is 14.2 Å². The molecule has 0 spiro atoms. The van der Waals surface area contributed by atoms with Crippen molar-refractivity contribution in [1.29, 1.82) is 0 Å². The van der Waals surface area contributed by atoms with E-state index in [1.807, 2.05) is 23.1 Å². The SMILES string of the molecule is COc1cc2cc3c(c(-c4cnc(N5CCC[C@@H]5CO)nc4)c2cc1OC)C(=O)OC3.Cl. The Morgan fingerprint density at radius 1 is 1.12 bits per heavy atom. The van der Waals surface area contributed by atoms with Gasteiger partial charge in [0.25, 0.3) is 0 Å². The first-order valence-corrected chi connectivity index (χ1v) is 10.2. The number of nitrogens with zero attached hydrogens (tertiary/aromatic N) is 3. The molecule has 1 fully saturated rings. The van der Waals surface area contributed by atoms with Crippen molar-refractivity contribution < 1.29 is 24.1 Å². The highest BCUT2D eigenvalue weighted by Crippen LogP contribution is 2.42. The van der Waals surface area contributed by atoms with Crippen LogP contribution < -0.4 is 14.4 Å². The summed E-state index contributed by atoms with van der Waals surface area (Å²) in [6.45, 7) is 1.13. The second-order valence-electron chi connectivity index (χ2n) is 7.73. The average Bonchev–Trinajstić information content (AvgIpc) is 3.43. The van der Waals surface area contributed by atoms with Crippen LogP contribution in [0, 0.1) is 0 Å². The molecule has 9 heteroatoms. The van der Waals surface area contributed by atoms with Crippen molar-refractivity contribution in [2.24, 2.45) is 0 Å². The number of aliphatic hydroxyl groups is 1. The average molecular weight is 458 g/mol. The van der Waals surface area contributed by atoms with E-state index in [1.165, 1.54) is 0 Å². The van der Waals surface area contributed by atoms with Gasteiger partial charge in [-0.1, -0.05) is 0 Å². The quantitative estimate of drug-likeness (QED) is 0.583. The van der Waals surface area contributed by atoms with Crippen LogP contribution in [0.4, 0.5) is 5.95 Å². The normalized spacial score (nSPS) is 17.2. The molecule has 0 saturated carbocycles. The van der Waals surface area contributed by atoms with Gasteiger partial charge in [-0.05, 0) is 41.8 Å². The van der Waals surface area contributed by atoms with E-state index in [0.29, 0.717) is 23.0 Å². The summed E-state index contributed by atoms with van der Waals surface area (Å²) in [5.41, 5.74) is 2.80. The molecule has 0 amide bonds. The Morgan fingerprint density at radius 3 is 2.53 bits per heavy atom. The van der Waals surface area contributed by atoms with Crippen LogP contribution in [-0.4, -0.2) is 54.5 Å². The largest absolute Gasteiger partial charge is 0.493 e. The summed E-state index contributed by atoms with van der Waals surface area (Å²) >= 11 is 0. The third-order valence-corrected chi connectivity index (χ3v) is 6.06. The van der Waals surface area contributed by atoms with Crippen LogP contribution in [0.1, 0.15) is 28.8 Å². The van der Waals surface area contributed by atoms with Gasteiger partial charge in [-0.2, -0.15) is 0 Å². The van der Waals surface area contributed by atoms with Crippen molar-refractivity contribution in [3.8, 4) is 22.6 Å². The number of methoxy groups -OCH3 is 2. The number of aromatic nitrogens is 2. The molecule has 0 aliphatic carbocycles. The van der Waals surface area contributed by atoms with Crippen molar-refractivity contribution in [3.63, 3.8) is 0 Å². The summed E-state index contributed by atoms with van der Waals surface area (Å²) in [7, 11) is 3.17. The van der Waals surface area contributed by atoms with Crippen LogP contribution in [-0.2, 0) is 11.3 Å². The van der Waals surface area contributed by atoms with Crippen LogP contribution in [0.5, 0.6) is 11.5 Å². The zero-order valence-corrected chi connectivity index (χ0v) is 18.6. The Hall–Kier alpha value is -3.10. The van der Waals surface area contributed by atoms with Gasteiger partial charge in [0, 0.05) is 35.6 Å². The van der Waals surface area contributed by atoms with Gasteiger partial charge in [0.15, 0.2) is 11.5 Å². The smallest absolute Gasteiger partial charge is 0.339 e. The molecule has 2 aliphatic rings. The van der Waals surface area contributed by atoms with Gasteiger partial charge < -0.3 is 24.2 Å². The predicted octanol–water partition coefficient (Wildman–Crippen LogP) is 3.37. The first-order valence-electron chi connectivity index (χ1n) is 10.2. The maximum absolute atomic E-state index is 12.6. The first-order chi connectivity index (χ1) is 15.1. The zero-order valence-electron chi connectivity index (χ0n) is 17.8. The molecule has 2 aliphatic heterocycles. The maximum Gasteiger partial charge on any atom is 0.339 e. The van der Waals surface area contributed by atoms with Gasteiger partial charge in [0.05, 0.1) is 32.4 Å². The van der Waals surface area contributed by atoms with Crippen molar-refractivity contribution >= 4 is 35.1 Å². The lowest BCUT2D eigenvalue weighted by Crippen LogP contribution is -2.33. The van der Waals surface area contributed by atoms with Gasteiger partial charge in [-0.3, -0.25) is 0 Å². The number of halogens is 1. The molecule has 168 valence electrons. The lowest BCUT2D eigenvalue weighted by atomic mass is 9.91. The number of hydrogen-bond donors (Lipinski definition) is 1. The highest BCUT2D eigenvalue weighted by atomic mass is 35.5. The fourth-order valence-corrected chi connectivity index (χ4v) is 4.54. The monoisotopic (exact) mass is 457 g/mol. The van der Waals surface area contributed by atoms with E-state index < -0.39 is 0 Å². The predicted molar refractivity (Wildman–Crippen MR) is 122 cm³/mol. The van der Waals surface area contributed by atoms with Crippen LogP contribution in [0.3, 0.4) is 0 Å². The second kappa shape index (κ2) is 8.80. The van der Waals surface area contributed by atoms with Crippen molar-refractivity contribution in [3.05, 3.63) is 41.7 Å². The summed E-state index contributed by atoms with van der Waals surface area (Å²) in [5, 5.41) is 11.4. The highest BCUT2D eigenvalue weighted by Gasteiger charge is 2.30. The summed E-state index contributed by atoms with van der Waals surface area (Å²) < 4.78 is 16.3. The lowest BCUT2D eigenvalue weighted by Gasteiger charge is -2.23. The Bertz CT molecular complexity index is 1170. The van der Waals surface area contributed by atoms with Crippen LogP contribution in [0.25, 0.3) is 21.9 Å². The van der Waals surface area contributed by atoms with Crippen LogP contribution >= 0.6 is 12.4 Å². The molecule has 1 N–H and O–H groups in total. The summed E-state index contributed by atoms with van der Waals surface area (Å²) in [5.74, 6) is 1.41. The number of hydrogen-bond acceptors (Lipinski definition) is 8. The molecule has 3 heterocycles. The maximum atomic E-state index is 12.6. The molecular weight excluding hydrogens is 434 g/mol. The van der Waals surface area contributed by atoms with Gasteiger partial charge in [-0.15, -0.1) is 12.4 Å². The van der Waals surface area contributed by atoms with Crippen LogP contribution in [0.15, 0.2) is 30.6 Å². The topological polar surface area (TPSA) is 94.0 Å². The fraction of sp³-hybridized carbons (Fsp3) is 0.348. The number of benzene rings is 2. The standard InChI is InChI=1S/C23H23N3O5.ClH/c1-29-18-7-13-6-14-12-31-22(28)21(14)20(17(13)8-19(18)30-2)15-9-24-23(25-10-15)26-5-3-4-16(26)11-27;/h6-10,16,27H,3-5,11-12H2,1-2H3;1H/t16-;/m1./s1. The number of rotatable bonds is 5. The van der Waals surface area contributed by atoms with Gasteiger partial charge >= 0.3 is 5.97 Å². The molecule has 0 radical (unpaired) electrons. The number of ether oxygens (including phenoxy) is 3. The Labute approximate surface area is 191 Å². The van der Waals surface area contributed by atoms with E-state index in [-0.39, 0.29) is 37.6 Å². The molecule has 0 bridgehead atoms. The van der Waals surface area contributed by atoms with Gasteiger partial charge in [0.1, 0.15) is 6.61 Å². The molecule has 1 aromatic heterocycles. The third-order valence-electron chi connectivity index (χ3n) is 6.06. The minimum atomic E-state index is -0.356. The molecule has 32 heavy (non-hydrogen) atoms. The van der Waals surface area contributed by atoms with Crippen molar-refractivity contribution in [1.82, 2.24) is 9.97 Å². The molecule has 2 aromatic carbocycles. The number of cyclic esters (lactones) is 1. The molecular formula is C23H24ClN3O5. The van der Waals surface area contributed by atoms with E-state index in [9.17, 15) is 9.90 Å². The summed E-state index contributed by atoms with van der Waals surface area (Å²) in [6.07, 6.45) is 5.38. The number of esters is 1. The van der Waals surface area contributed by atoms with Crippen molar-refractivity contribution in [2.75, 3.05) is 32.3 Å². The van der Waals surface area contributed by atoms with E-state index in [0.717, 1.165) is 46.8 Å². The van der Waals surface area contributed by atoms with E-state index in [2.05, 4.69) is 9.97 Å². The lowest BCUT2D eigenvalue weighted by molar-refractivity contribution is 0.0535. The molecule has 8 nitrogen and oxygen atoms in total. The minimum absolute atomic E-state index is 0.